The van der Waals surface area contributed by atoms with Crippen LogP contribution < -0.4 is 0 Å². The quantitative estimate of drug-likeness (QED) is 0.639. The van der Waals surface area contributed by atoms with Gasteiger partial charge >= 0.3 is 0 Å². The SMILES string of the molecule is C/C=C(\C)c1nc2ccccc2n1-c1c(C)cccc1C. The Bertz CT molecular complexity index is 818. The summed E-state index contributed by atoms with van der Waals surface area (Å²) in [5.74, 6) is 1.02. The van der Waals surface area contributed by atoms with Gasteiger partial charge < -0.3 is 0 Å². The molecule has 0 aliphatic carbocycles. The molecule has 0 saturated carbocycles. The number of benzene rings is 2. The van der Waals surface area contributed by atoms with E-state index in [9.17, 15) is 0 Å². The van der Waals surface area contributed by atoms with Gasteiger partial charge in [0.25, 0.3) is 0 Å². The Morgan fingerprint density at radius 3 is 2.33 bits per heavy atom. The van der Waals surface area contributed by atoms with E-state index in [2.05, 4.69) is 74.7 Å². The monoisotopic (exact) mass is 276 g/mol. The van der Waals surface area contributed by atoms with Gasteiger partial charge in [0.15, 0.2) is 0 Å². The maximum Gasteiger partial charge on any atom is 0.141 e. The molecule has 0 N–H and O–H groups in total. The lowest BCUT2D eigenvalue weighted by Gasteiger charge is -2.15. The molecule has 3 rings (SSSR count). The standard InChI is InChI=1S/C19H20N2/c1-5-13(2)19-20-16-11-6-7-12-17(16)21(19)18-14(3)9-8-10-15(18)4/h5-12H,1-4H3/b13-5+. The lowest BCUT2D eigenvalue weighted by Crippen LogP contribution is -2.04. The molecule has 0 amide bonds. The Hall–Kier alpha value is -2.35. The molecule has 0 radical (unpaired) electrons. The van der Waals surface area contributed by atoms with Gasteiger partial charge in [-0.15, -0.1) is 0 Å². The van der Waals surface area contributed by atoms with E-state index in [0.29, 0.717) is 0 Å². The molecule has 1 heterocycles. The van der Waals surface area contributed by atoms with Crippen LogP contribution in [-0.2, 0) is 0 Å². The zero-order chi connectivity index (χ0) is 15.0. The maximum absolute atomic E-state index is 4.84. The van der Waals surface area contributed by atoms with Gasteiger partial charge in [0.05, 0.1) is 16.7 Å². The summed E-state index contributed by atoms with van der Waals surface area (Å²) >= 11 is 0. The number of aromatic nitrogens is 2. The van der Waals surface area contributed by atoms with Crippen LogP contribution in [0, 0.1) is 13.8 Å². The van der Waals surface area contributed by atoms with Gasteiger partial charge in [-0.2, -0.15) is 0 Å². The van der Waals surface area contributed by atoms with Gasteiger partial charge in [-0.25, -0.2) is 4.98 Å². The molecule has 2 aromatic carbocycles. The van der Waals surface area contributed by atoms with Gasteiger partial charge in [-0.3, -0.25) is 4.57 Å². The molecule has 0 unspecified atom stereocenters. The molecule has 2 heteroatoms. The van der Waals surface area contributed by atoms with Crippen LogP contribution in [0.25, 0.3) is 22.3 Å². The van der Waals surface area contributed by atoms with Crippen molar-refractivity contribution in [1.82, 2.24) is 9.55 Å². The summed E-state index contributed by atoms with van der Waals surface area (Å²) in [4.78, 5) is 4.84. The van der Waals surface area contributed by atoms with E-state index in [1.54, 1.807) is 0 Å². The number of imidazole rings is 1. The van der Waals surface area contributed by atoms with Crippen molar-refractivity contribution in [1.29, 1.82) is 0 Å². The van der Waals surface area contributed by atoms with Crippen LogP contribution in [0.3, 0.4) is 0 Å². The normalized spacial score (nSPS) is 12.1. The summed E-state index contributed by atoms with van der Waals surface area (Å²) in [6.07, 6.45) is 2.12. The number of rotatable bonds is 2. The highest BCUT2D eigenvalue weighted by molar-refractivity contribution is 5.82. The number of para-hydroxylation sites is 3. The highest BCUT2D eigenvalue weighted by atomic mass is 15.1. The van der Waals surface area contributed by atoms with Crippen molar-refractivity contribution < 1.29 is 0 Å². The van der Waals surface area contributed by atoms with Crippen molar-refractivity contribution in [3.8, 4) is 5.69 Å². The Morgan fingerprint density at radius 1 is 1.00 bits per heavy atom. The molecule has 0 bridgehead atoms. The first-order valence-corrected chi connectivity index (χ1v) is 7.31. The third-order valence-electron chi connectivity index (χ3n) is 4.01. The molecule has 0 saturated heterocycles. The number of allylic oxidation sites excluding steroid dienone is 2. The van der Waals surface area contributed by atoms with E-state index in [1.165, 1.54) is 22.4 Å². The Labute approximate surface area is 125 Å². The van der Waals surface area contributed by atoms with Crippen LogP contribution in [0.1, 0.15) is 30.8 Å². The van der Waals surface area contributed by atoms with E-state index in [1.807, 2.05) is 6.07 Å². The lowest BCUT2D eigenvalue weighted by molar-refractivity contribution is 1.02. The fourth-order valence-electron chi connectivity index (χ4n) is 2.80. The minimum Gasteiger partial charge on any atom is -0.292 e. The molecule has 1 aromatic heterocycles. The zero-order valence-corrected chi connectivity index (χ0v) is 13.0. The number of hydrogen-bond acceptors (Lipinski definition) is 1. The first kappa shape index (κ1) is 13.6. The average Bonchev–Trinajstić information content (AvgIpc) is 2.86. The third-order valence-corrected chi connectivity index (χ3v) is 4.01. The van der Waals surface area contributed by atoms with Crippen molar-refractivity contribution in [2.75, 3.05) is 0 Å². The summed E-state index contributed by atoms with van der Waals surface area (Å²) in [6, 6.07) is 14.8. The topological polar surface area (TPSA) is 17.8 Å². The van der Waals surface area contributed by atoms with E-state index in [-0.39, 0.29) is 0 Å². The molecular weight excluding hydrogens is 256 g/mol. The summed E-state index contributed by atoms with van der Waals surface area (Å²) in [6.45, 7) is 8.49. The minimum atomic E-state index is 1.02. The highest BCUT2D eigenvalue weighted by Crippen LogP contribution is 2.29. The predicted octanol–water partition coefficient (Wildman–Crippen LogP) is 5.07. The van der Waals surface area contributed by atoms with Crippen molar-refractivity contribution in [2.45, 2.75) is 27.7 Å². The van der Waals surface area contributed by atoms with Crippen LogP contribution in [0.2, 0.25) is 0 Å². The number of nitrogens with zero attached hydrogens (tertiary/aromatic N) is 2. The summed E-state index contributed by atoms with van der Waals surface area (Å²) in [7, 11) is 0. The molecule has 0 spiro atoms. The maximum atomic E-state index is 4.84. The Morgan fingerprint density at radius 2 is 1.67 bits per heavy atom. The Kier molecular flexibility index (Phi) is 3.38. The second-order valence-electron chi connectivity index (χ2n) is 5.47. The largest absolute Gasteiger partial charge is 0.292 e. The van der Waals surface area contributed by atoms with Gasteiger partial charge in [-0.1, -0.05) is 36.4 Å². The van der Waals surface area contributed by atoms with E-state index < -0.39 is 0 Å². The van der Waals surface area contributed by atoms with Gasteiger partial charge in [0.2, 0.25) is 0 Å². The van der Waals surface area contributed by atoms with Gasteiger partial charge in [-0.05, 0) is 56.5 Å². The zero-order valence-electron chi connectivity index (χ0n) is 13.0. The smallest absolute Gasteiger partial charge is 0.141 e. The molecule has 3 aromatic rings. The van der Waals surface area contributed by atoms with Crippen LogP contribution in [0.5, 0.6) is 0 Å². The van der Waals surface area contributed by atoms with Crippen molar-refractivity contribution in [3.05, 3.63) is 65.5 Å². The second kappa shape index (κ2) is 5.21. The van der Waals surface area contributed by atoms with Crippen LogP contribution >= 0.6 is 0 Å². The number of fused-ring (bicyclic) bond motifs is 1. The highest BCUT2D eigenvalue weighted by Gasteiger charge is 2.15. The average molecular weight is 276 g/mol. The Balaban J connectivity index is 2.45. The molecule has 0 aliphatic rings. The first-order valence-electron chi connectivity index (χ1n) is 7.31. The van der Waals surface area contributed by atoms with Gasteiger partial charge in [0.1, 0.15) is 5.82 Å². The van der Waals surface area contributed by atoms with Crippen LogP contribution in [0.15, 0.2) is 48.5 Å². The predicted molar refractivity (Wildman–Crippen MR) is 89.9 cm³/mol. The molecule has 21 heavy (non-hydrogen) atoms. The van der Waals surface area contributed by atoms with E-state index in [4.69, 9.17) is 4.98 Å². The second-order valence-corrected chi connectivity index (χ2v) is 5.47. The summed E-state index contributed by atoms with van der Waals surface area (Å²) < 4.78 is 2.29. The third kappa shape index (κ3) is 2.17. The molecular formula is C19H20N2. The number of hydrogen-bond donors (Lipinski definition) is 0. The van der Waals surface area contributed by atoms with Crippen molar-refractivity contribution >= 4 is 16.6 Å². The lowest BCUT2D eigenvalue weighted by atomic mass is 10.1. The fourth-order valence-corrected chi connectivity index (χ4v) is 2.80. The van der Waals surface area contributed by atoms with Crippen LogP contribution in [-0.4, -0.2) is 9.55 Å². The van der Waals surface area contributed by atoms with Crippen LogP contribution in [0.4, 0.5) is 0 Å². The first-order chi connectivity index (χ1) is 10.1. The molecule has 0 aliphatic heterocycles. The summed E-state index contributed by atoms with van der Waals surface area (Å²) in [5.41, 5.74) is 7.16. The summed E-state index contributed by atoms with van der Waals surface area (Å²) in [5, 5.41) is 0. The fraction of sp³-hybridized carbons (Fsp3) is 0.211. The van der Waals surface area contributed by atoms with Crippen molar-refractivity contribution in [3.63, 3.8) is 0 Å². The molecule has 0 fully saturated rings. The van der Waals surface area contributed by atoms with E-state index >= 15 is 0 Å². The molecule has 2 nitrogen and oxygen atoms in total. The van der Waals surface area contributed by atoms with E-state index in [0.717, 1.165) is 16.9 Å². The van der Waals surface area contributed by atoms with Gasteiger partial charge in [0, 0.05) is 0 Å². The van der Waals surface area contributed by atoms with Crippen molar-refractivity contribution in [2.24, 2.45) is 0 Å². The minimum absolute atomic E-state index is 1.02. The molecule has 0 atom stereocenters. The number of aryl methyl sites for hydroxylation is 2. The molecule has 106 valence electrons.